The molecule has 0 bridgehead atoms. The van der Waals surface area contributed by atoms with Gasteiger partial charge in [0.25, 0.3) is 5.91 Å². The van der Waals surface area contributed by atoms with Crippen LogP contribution in [-0.4, -0.2) is 50.0 Å². The van der Waals surface area contributed by atoms with Gasteiger partial charge in [0.15, 0.2) is 12.9 Å². The predicted molar refractivity (Wildman–Crippen MR) is 102 cm³/mol. The lowest BCUT2D eigenvalue weighted by Crippen LogP contribution is -2.36. The summed E-state index contributed by atoms with van der Waals surface area (Å²) < 4.78 is 10.9. The fraction of sp³-hybridized carbons (Fsp3) is 0.333. The molecular weight excluding hydrogens is 344 g/mol. The fourth-order valence-corrected chi connectivity index (χ4v) is 2.98. The topological polar surface area (TPSA) is 67.9 Å². The molecule has 6 heteroatoms. The van der Waals surface area contributed by atoms with Gasteiger partial charge < -0.3 is 14.8 Å². The van der Waals surface area contributed by atoms with Gasteiger partial charge in [0.2, 0.25) is 0 Å². The third-order valence-corrected chi connectivity index (χ3v) is 4.50. The Kier molecular flexibility index (Phi) is 6.96. The molecule has 142 valence electrons. The van der Waals surface area contributed by atoms with Crippen LogP contribution in [-0.2, 0) is 22.6 Å². The molecule has 0 spiro atoms. The molecular formula is C21H24N2O4. The van der Waals surface area contributed by atoms with E-state index in [1.165, 1.54) is 5.56 Å². The maximum absolute atomic E-state index is 12.1. The van der Waals surface area contributed by atoms with Gasteiger partial charge in [0.1, 0.15) is 5.75 Å². The standard InChI is InChI=1S/C21H24N2O4/c24-15-19-7-3-4-8-20(19)27-16-21(25)22-13-17-5-1-2-6-18(17)14-23-9-11-26-12-10-23/h1-8,15H,9-14,16H2,(H,22,25). The zero-order chi connectivity index (χ0) is 18.9. The summed E-state index contributed by atoms with van der Waals surface area (Å²) in [6.45, 7) is 4.53. The van der Waals surface area contributed by atoms with Gasteiger partial charge in [0, 0.05) is 26.2 Å². The minimum atomic E-state index is -0.225. The van der Waals surface area contributed by atoms with Crippen LogP contribution in [0.2, 0.25) is 0 Å². The lowest BCUT2D eigenvalue weighted by atomic mass is 10.1. The van der Waals surface area contributed by atoms with Gasteiger partial charge in [0.05, 0.1) is 18.8 Å². The maximum Gasteiger partial charge on any atom is 0.258 e. The van der Waals surface area contributed by atoms with Gasteiger partial charge in [-0.05, 0) is 23.3 Å². The number of nitrogens with zero attached hydrogens (tertiary/aromatic N) is 1. The van der Waals surface area contributed by atoms with E-state index >= 15 is 0 Å². The Morgan fingerprint density at radius 3 is 2.56 bits per heavy atom. The Morgan fingerprint density at radius 2 is 1.78 bits per heavy atom. The summed E-state index contributed by atoms with van der Waals surface area (Å²) in [5.41, 5.74) is 2.72. The Labute approximate surface area is 159 Å². The molecule has 1 heterocycles. The first-order chi connectivity index (χ1) is 13.3. The summed E-state index contributed by atoms with van der Waals surface area (Å²) in [5.74, 6) is 0.187. The summed E-state index contributed by atoms with van der Waals surface area (Å²) in [4.78, 5) is 25.5. The average Bonchev–Trinajstić information content (AvgIpc) is 2.72. The molecule has 2 aromatic rings. The van der Waals surface area contributed by atoms with Crippen LogP contribution in [0.25, 0.3) is 0 Å². The zero-order valence-corrected chi connectivity index (χ0v) is 15.2. The van der Waals surface area contributed by atoms with Crippen molar-refractivity contribution >= 4 is 12.2 Å². The van der Waals surface area contributed by atoms with Gasteiger partial charge in [-0.2, -0.15) is 0 Å². The summed E-state index contributed by atoms with van der Waals surface area (Å²) in [5, 5.41) is 2.89. The molecule has 0 radical (unpaired) electrons. The van der Waals surface area contributed by atoms with Crippen molar-refractivity contribution in [2.24, 2.45) is 0 Å². The first-order valence-electron chi connectivity index (χ1n) is 9.07. The van der Waals surface area contributed by atoms with Crippen LogP contribution in [0.15, 0.2) is 48.5 Å². The molecule has 1 N–H and O–H groups in total. The van der Waals surface area contributed by atoms with E-state index in [0.717, 1.165) is 44.7 Å². The molecule has 1 fully saturated rings. The maximum atomic E-state index is 12.1. The second-order valence-corrected chi connectivity index (χ2v) is 6.38. The Bertz CT molecular complexity index is 772. The molecule has 0 unspecified atom stereocenters. The highest BCUT2D eigenvalue weighted by Gasteiger charge is 2.13. The lowest BCUT2D eigenvalue weighted by Gasteiger charge is -2.27. The zero-order valence-electron chi connectivity index (χ0n) is 15.2. The third kappa shape index (κ3) is 5.64. The Balaban J connectivity index is 1.52. The number of morpholine rings is 1. The molecule has 0 aliphatic carbocycles. The summed E-state index contributed by atoms with van der Waals surface area (Å²) in [6.07, 6.45) is 0.717. The highest BCUT2D eigenvalue weighted by Crippen LogP contribution is 2.16. The van der Waals surface area contributed by atoms with Crippen LogP contribution in [0, 0.1) is 0 Å². The molecule has 2 aromatic carbocycles. The number of nitrogens with one attached hydrogen (secondary N) is 1. The quantitative estimate of drug-likeness (QED) is 0.722. The van der Waals surface area contributed by atoms with E-state index in [1.807, 2.05) is 18.2 Å². The first kappa shape index (κ1) is 19.1. The van der Waals surface area contributed by atoms with E-state index in [0.29, 0.717) is 17.9 Å². The minimum absolute atomic E-state index is 0.128. The second-order valence-electron chi connectivity index (χ2n) is 6.38. The van der Waals surface area contributed by atoms with Crippen LogP contribution in [0.5, 0.6) is 5.75 Å². The van der Waals surface area contributed by atoms with Crippen LogP contribution in [0.3, 0.4) is 0 Å². The number of carbonyl (C=O) groups excluding carboxylic acids is 2. The van der Waals surface area contributed by atoms with Crippen molar-refractivity contribution in [3.63, 3.8) is 0 Å². The van der Waals surface area contributed by atoms with E-state index in [9.17, 15) is 9.59 Å². The molecule has 27 heavy (non-hydrogen) atoms. The highest BCUT2D eigenvalue weighted by atomic mass is 16.5. The number of hydrogen-bond donors (Lipinski definition) is 1. The van der Waals surface area contributed by atoms with Crippen molar-refractivity contribution in [2.75, 3.05) is 32.9 Å². The summed E-state index contributed by atoms with van der Waals surface area (Å²) in [7, 11) is 0. The normalized spacial score (nSPS) is 14.5. The number of benzene rings is 2. The van der Waals surface area contributed by atoms with E-state index in [4.69, 9.17) is 9.47 Å². The molecule has 0 atom stereocenters. The Hall–Kier alpha value is -2.70. The second kappa shape index (κ2) is 9.85. The van der Waals surface area contributed by atoms with Crippen molar-refractivity contribution in [1.82, 2.24) is 10.2 Å². The number of carbonyl (C=O) groups is 2. The molecule has 1 amide bonds. The number of ether oxygens (including phenoxy) is 2. The summed E-state index contributed by atoms with van der Waals surface area (Å²) in [6, 6.07) is 15.0. The van der Waals surface area contributed by atoms with E-state index in [-0.39, 0.29) is 12.5 Å². The van der Waals surface area contributed by atoms with Gasteiger partial charge in [-0.3, -0.25) is 14.5 Å². The van der Waals surface area contributed by atoms with E-state index in [1.54, 1.807) is 24.3 Å². The average molecular weight is 368 g/mol. The van der Waals surface area contributed by atoms with Gasteiger partial charge >= 0.3 is 0 Å². The number of rotatable bonds is 8. The minimum Gasteiger partial charge on any atom is -0.483 e. The molecule has 1 saturated heterocycles. The number of amides is 1. The molecule has 0 aromatic heterocycles. The first-order valence-corrected chi connectivity index (χ1v) is 9.07. The smallest absolute Gasteiger partial charge is 0.258 e. The van der Waals surface area contributed by atoms with E-state index in [2.05, 4.69) is 16.3 Å². The molecule has 6 nitrogen and oxygen atoms in total. The molecule has 3 rings (SSSR count). The monoisotopic (exact) mass is 368 g/mol. The number of para-hydroxylation sites is 1. The van der Waals surface area contributed by atoms with Crippen molar-refractivity contribution in [2.45, 2.75) is 13.1 Å². The van der Waals surface area contributed by atoms with Crippen LogP contribution >= 0.6 is 0 Å². The van der Waals surface area contributed by atoms with Crippen molar-refractivity contribution in [3.05, 3.63) is 65.2 Å². The number of aldehydes is 1. The van der Waals surface area contributed by atoms with Crippen LogP contribution in [0.1, 0.15) is 21.5 Å². The molecule has 1 aliphatic heterocycles. The van der Waals surface area contributed by atoms with Gasteiger partial charge in [-0.1, -0.05) is 36.4 Å². The number of hydrogen-bond acceptors (Lipinski definition) is 5. The fourth-order valence-electron chi connectivity index (χ4n) is 2.98. The lowest BCUT2D eigenvalue weighted by molar-refractivity contribution is -0.123. The summed E-state index contributed by atoms with van der Waals surface area (Å²) >= 11 is 0. The van der Waals surface area contributed by atoms with E-state index < -0.39 is 0 Å². The van der Waals surface area contributed by atoms with Crippen LogP contribution in [0.4, 0.5) is 0 Å². The van der Waals surface area contributed by atoms with Crippen LogP contribution < -0.4 is 10.1 Å². The largest absolute Gasteiger partial charge is 0.483 e. The highest BCUT2D eigenvalue weighted by molar-refractivity contribution is 5.80. The molecule has 0 saturated carbocycles. The van der Waals surface area contributed by atoms with Crippen molar-refractivity contribution in [1.29, 1.82) is 0 Å². The molecule has 1 aliphatic rings. The van der Waals surface area contributed by atoms with Gasteiger partial charge in [-0.25, -0.2) is 0 Å². The van der Waals surface area contributed by atoms with Crippen molar-refractivity contribution < 1.29 is 19.1 Å². The van der Waals surface area contributed by atoms with Crippen molar-refractivity contribution in [3.8, 4) is 5.75 Å². The Morgan fingerprint density at radius 1 is 1.07 bits per heavy atom. The SMILES string of the molecule is O=Cc1ccccc1OCC(=O)NCc1ccccc1CN1CCOCC1. The predicted octanol–water partition coefficient (Wildman–Crippen LogP) is 2.03. The third-order valence-electron chi connectivity index (χ3n) is 4.50. The van der Waals surface area contributed by atoms with Gasteiger partial charge in [-0.15, -0.1) is 0 Å².